The smallest absolute Gasteiger partial charge is 0.226 e. The van der Waals surface area contributed by atoms with Crippen molar-refractivity contribution in [1.82, 2.24) is 0 Å². The molecule has 15 heavy (non-hydrogen) atoms. The van der Waals surface area contributed by atoms with E-state index in [2.05, 4.69) is 5.32 Å². The van der Waals surface area contributed by atoms with Gasteiger partial charge in [-0.15, -0.1) is 0 Å². The molecule has 0 atom stereocenters. The number of anilines is 1. The third kappa shape index (κ3) is 3.52. The van der Waals surface area contributed by atoms with Gasteiger partial charge in [-0.05, 0) is 31.2 Å². The molecule has 0 radical (unpaired) electrons. The van der Waals surface area contributed by atoms with Crippen LogP contribution in [0, 0.1) is 0 Å². The third-order valence-electron chi connectivity index (χ3n) is 1.91. The first-order chi connectivity index (χ1) is 7.13. The second-order valence-electron chi connectivity index (χ2n) is 3.16. The van der Waals surface area contributed by atoms with Crippen LogP contribution in [-0.4, -0.2) is 23.4 Å². The van der Waals surface area contributed by atoms with E-state index in [1.807, 2.05) is 0 Å². The Morgan fingerprint density at radius 3 is 2.33 bits per heavy atom. The Bertz CT molecular complexity index is 357. The Morgan fingerprint density at radius 1 is 1.27 bits per heavy atom. The van der Waals surface area contributed by atoms with Crippen LogP contribution in [0.1, 0.15) is 23.7 Å². The highest BCUT2D eigenvalue weighted by molar-refractivity contribution is 5.95. The molecule has 4 heteroatoms. The summed E-state index contributed by atoms with van der Waals surface area (Å²) in [5.41, 5.74) is 1.23. The second-order valence-corrected chi connectivity index (χ2v) is 3.16. The molecule has 0 aliphatic carbocycles. The molecule has 1 amide bonds. The molecular formula is C11H13NO3. The van der Waals surface area contributed by atoms with Crippen LogP contribution < -0.4 is 5.32 Å². The fourth-order valence-electron chi connectivity index (χ4n) is 1.11. The third-order valence-corrected chi connectivity index (χ3v) is 1.91. The predicted molar refractivity (Wildman–Crippen MR) is 56.8 cm³/mol. The number of aliphatic hydroxyl groups excluding tert-OH is 1. The van der Waals surface area contributed by atoms with Gasteiger partial charge in [-0.3, -0.25) is 9.59 Å². The lowest BCUT2D eigenvalue weighted by atomic mass is 10.1. The molecular weight excluding hydrogens is 194 g/mol. The van der Waals surface area contributed by atoms with Crippen molar-refractivity contribution in [2.45, 2.75) is 13.3 Å². The van der Waals surface area contributed by atoms with Gasteiger partial charge >= 0.3 is 0 Å². The van der Waals surface area contributed by atoms with E-state index < -0.39 is 0 Å². The molecule has 0 aliphatic rings. The molecule has 0 unspecified atom stereocenters. The fraction of sp³-hybridized carbons (Fsp3) is 0.273. The van der Waals surface area contributed by atoms with E-state index in [1.165, 1.54) is 6.92 Å². The van der Waals surface area contributed by atoms with Gasteiger partial charge in [-0.1, -0.05) is 0 Å². The molecule has 1 aromatic carbocycles. The highest BCUT2D eigenvalue weighted by atomic mass is 16.3. The molecule has 1 rings (SSSR count). The summed E-state index contributed by atoms with van der Waals surface area (Å²) in [6, 6.07) is 6.62. The van der Waals surface area contributed by atoms with Gasteiger partial charge < -0.3 is 10.4 Å². The van der Waals surface area contributed by atoms with E-state index in [0.29, 0.717) is 11.3 Å². The monoisotopic (exact) mass is 207 g/mol. The summed E-state index contributed by atoms with van der Waals surface area (Å²) >= 11 is 0. The van der Waals surface area contributed by atoms with Crippen LogP contribution in [0.25, 0.3) is 0 Å². The first kappa shape index (κ1) is 11.4. The highest BCUT2D eigenvalue weighted by Crippen LogP contribution is 2.10. The number of benzene rings is 1. The number of Topliss-reactive ketones (excluding diaryl/α,β-unsaturated/α-hetero) is 1. The maximum absolute atomic E-state index is 11.1. The SMILES string of the molecule is CC(=O)c1ccc(NC(=O)CCO)cc1. The minimum absolute atomic E-state index is 0.0109. The normalized spacial score (nSPS) is 9.73. The topological polar surface area (TPSA) is 66.4 Å². The Balaban J connectivity index is 2.64. The first-order valence-corrected chi connectivity index (χ1v) is 4.65. The van der Waals surface area contributed by atoms with Crippen LogP contribution in [-0.2, 0) is 4.79 Å². The standard InChI is InChI=1S/C11H13NO3/c1-8(14)9-2-4-10(5-3-9)12-11(15)6-7-13/h2-5,13H,6-7H2,1H3,(H,12,15). The maximum atomic E-state index is 11.1. The van der Waals surface area contributed by atoms with Crippen molar-refractivity contribution in [3.63, 3.8) is 0 Å². The number of rotatable bonds is 4. The quantitative estimate of drug-likeness (QED) is 0.729. The van der Waals surface area contributed by atoms with Gasteiger partial charge in [0, 0.05) is 11.3 Å². The average molecular weight is 207 g/mol. The highest BCUT2D eigenvalue weighted by Gasteiger charge is 2.02. The van der Waals surface area contributed by atoms with Crippen molar-refractivity contribution in [1.29, 1.82) is 0 Å². The summed E-state index contributed by atoms with van der Waals surface area (Å²) in [7, 11) is 0. The summed E-state index contributed by atoms with van der Waals surface area (Å²) in [4.78, 5) is 22.1. The number of nitrogens with one attached hydrogen (secondary N) is 1. The minimum Gasteiger partial charge on any atom is -0.396 e. The van der Waals surface area contributed by atoms with Crippen LogP contribution in [0.15, 0.2) is 24.3 Å². The Hall–Kier alpha value is -1.68. The van der Waals surface area contributed by atoms with E-state index in [-0.39, 0.29) is 24.7 Å². The molecule has 4 nitrogen and oxygen atoms in total. The van der Waals surface area contributed by atoms with Gasteiger partial charge in [0.05, 0.1) is 13.0 Å². The number of hydrogen-bond acceptors (Lipinski definition) is 3. The van der Waals surface area contributed by atoms with Crippen molar-refractivity contribution >= 4 is 17.4 Å². The van der Waals surface area contributed by atoms with E-state index >= 15 is 0 Å². The molecule has 0 aliphatic heterocycles. The van der Waals surface area contributed by atoms with E-state index in [9.17, 15) is 9.59 Å². The van der Waals surface area contributed by atoms with Crippen LogP contribution in [0.3, 0.4) is 0 Å². The predicted octanol–water partition coefficient (Wildman–Crippen LogP) is 1.21. The lowest BCUT2D eigenvalue weighted by molar-refractivity contribution is -0.116. The second kappa shape index (κ2) is 5.26. The Morgan fingerprint density at radius 2 is 1.87 bits per heavy atom. The molecule has 0 saturated heterocycles. The zero-order valence-electron chi connectivity index (χ0n) is 8.49. The van der Waals surface area contributed by atoms with Gasteiger partial charge in [0.2, 0.25) is 5.91 Å². The molecule has 0 spiro atoms. The fourth-order valence-corrected chi connectivity index (χ4v) is 1.11. The van der Waals surface area contributed by atoms with Crippen molar-refractivity contribution in [3.05, 3.63) is 29.8 Å². The number of hydrogen-bond donors (Lipinski definition) is 2. The van der Waals surface area contributed by atoms with Crippen molar-refractivity contribution in [2.75, 3.05) is 11.9 Å². The Labute approximate surface area is 87.9 Å². The van der Waals surface area contributed by atoms with Crippen molar-refractivity contribution in [3.8, 4) is 0 Å². The summed E-state index contributed by atoms with van der Waals surface area (Å²) in [6.45, 7) is 1.32. The summed E-state index contributed by atoms with van der Waals surface area (Å²) < 4.78 is 0. The number of ketones is 1. The van der Waals surface area contributed by atoms with Crippen molar-refractivity contribution < 1.29 is 14.7 Å². The van der Waals surface area contributed by atoms with Gasteiger partial charge in [0.15, 0.2) is 5.78 Å². The van der Waals surface area contributed by atoms with Gasteiger partial charge in [0.1, 0.15) is 0 Å². The molecule has 0 saturated carbocycles. The molecule has 80 valence electrons. The number of amides is 1. The average Bonchev–Trinajstić information content (AvgIpc) is 2.18. The number of carbonyl (C=O) groups is 2. The zero-order valence-corrected chi connectivity index (χ0v) is 8.49. The molecule has 0 aromatic heterocycles. The van der Waals surface area contributed by atoms with Crippen LogP contribution in [0.5, 0.6) is 0 Å². The molecule has 0 fully saturated rings. The zero-order chi connectivity index (χ0) is 11.3. The lowest BCUT2D eigenvalue weighted by Crippen LogP contribution is -2.12. The molecule has 0 bridgehead atoms. The molecule has 0 heterocycles. The maximum Gasteiger partial charge on any atom is 0.226 e. The first-order valence-electron chi connectivity index (χ1n) is 4.65. The van der Waals surface area contributed by atoms with Crippen LogP contribution in [0.2, 0.25) is 0 Å². The lowest BCUT2D eigenvalue weighted by Gasteiger charge is -2.04. The summed E-state index contributed by atoms with van der Waals surface area (Å²) in [5, 5.41) is 11.1. The number of carbonyl (C=O) groups excluding carboxylic acids is 2. The summed E-state index contributed by atoms with van der Waals surface area (Å²) in [5.74, 6) is -0.253. The van der Waals surface area contributed by atoms with Crippen LogP contribution >= 0.6 is 0 Å². The van der Waals surface area contributed by atoms with Gasteiger partial charge in [0.25, 0.3) is 0 Å². The van der Waals surface area contributed by atoms with E-state index in [4.69, 9.17) is 5.11 Å². The van der Waals surface area contributed by atoms with Crippen molar-refractivity contribution in [2.24, 2.45) is 0 Å². The summed E-state index contributed by atoms with van der Waals surface area (Å²) in [6.07, 6.45) is 0.0778. The molecule has 1 aromatic rings. The number of aliphatic hydroxyl groups is 1. The minimum atomic E-state index is -0.243. The van der Waals surface area contributed by atoms with Crippen LogP contribution in [0.4, 0.5) is 5.69 Å². The van der Waals surface area contributed by atoms with E-state index in [1.54, 1.807) is 24.3 Å². The van der Waals surface area contributed by atoms with Gasteiger partial charge in [-0.25, -0.2) is 0 Å². The van der Waals surface area contributed by atoms with E-state index in [0.717, 1.165) is 0 Å². The van der Waals surface area contributed by atoms with Gasteiger partial charge in [-0.2, -0.15) is 0 Å². The largest absolute Gasteiger partial charge is 0.396 e. The molecule has 2 N–H and O–H groups in total. The Kier molecular flexibility index (Phi) is 4.00.